The van der Waals surface area contributed by atoms with Gasteiger partial charge in [-0.2, -0.15) is 8.78 Å². The summed E-state index contributed by atoms with van der Waals surface area (Å²) in [5, 5.41) is 0.277. The number of nitrogen functional groups attached to an aromatic ring is 1. The lowest BCUT2D eigenvalue weighted by Crippen LogP contribution is -2.04. The number of nitrogens with two attached hydrogens (primary N) is 1. The van der Waals surface area contributed by atoms with Crippen molar-refractivity contribution in [1.29, 1.82) is 0 Å². The molecule has 2 N–H and O–H groups in total. The maximum absolute atomic E-state index is 13.3. The van der Waals surface area contributed by atoms with Crippen molar-refractivity contribution >= 4 is 17.4 Å². The Morgan fingerprint density at radius 1 is 1.42 bits per heavy atom. The number of ether oxygens (including phenoxy) is 1. The molecule has 0 bridgehead atoms. The van der Waals surface area contributed by atoms with Gasteiger partial charge in [0.05, 0.1) is 5.69 Å². The van der Waals surface area contributed by atoms with E-state index in [2.05, 4.69) is 9.72 Å². The van der Waals surface area contributed by atoms with Crippen LogP contribution >= 0.6 is 11.8 Å². The Kier molecular flexibility index (Phi) is 3.89. The lowest BCUT2D eigenvalue weighted by molar-refractivity contribution is -0.0523. The second-order valence-electron chi connectivity index (χ2n) is 3.56. The van der Waals surface area contributed by atoms with Crippen molar-refractivity contribution in [2.75, 3.05) is 5.73 Å². The first-order chi connectivity index (χ1) is 8.95. The molecule has 1 aromatic heterocycles. The first-order valence-electron chi connectivity index (χ1n) is 5.09. The van der Waals surface area contributed by atoms with Crippen LogP contribution in [0.3, 0.4) is 0 Å². The van der Waals surface area contributed by atoms with Crippen molar-refractivity contribution in [2.24, 2.45) is 0 Å². The van der Waals surface area contributed by atoms with Crippen molar-refractivity contribution < 1.29 is 22.3 Å². The van der Waals surface area contributed by atoms with Crippen LogP contribution in [-0.2, 0) is 0 Å². The minimum absolute atomic E-state index is 0.0833. The van der Waals surface area contributed by atoms with Gasteiger partial charge in [0, 0.05) is 16.6 Å². The van der Waals surface area contributed by atoms with E-state index in [1.807, 2.05) is 0 Å². The number of aromatic nitrogens is 1. The van der Waals surface area contributed by atoms with Gasteiger partial charge in [-0.05, 0) is 24.8 Å². The van der Waals surface area contributed by atoms with Crippen LogP contribution in [0.15, 0.2) is 32.9 Å². The smallest absolute Gasteiger partial charge is 0.387 e. The van der Waals surface area contributed by atoms with E-state index in [0.29, 0.717) is 10.6 Å². The summed E-state index contributed by atoms with van der Waals surface area (Å²) >= 11 is 0.991. The topological polar surface area (TPSA) is 61.3 Å². The van der Waals surface area contributed by atoms with Crippen LogP contribution in [0.4, 0.5) is 18.9 Å². The molecule has 0 aliphatic carbocycles. The van der Waals surface area contributed by atoms with Gasteiger partial charge in [0.1, 0.15) is 6.26 Å². The Balaban J connectivity index is 2.29. The van der Waals surface area contributed by atoms with Crippen LogP contribution in [0.1, 0.15) is 5.69 Å². The van der Waals surface area contributed by atoms with Gasteiger partial charge in [-0.3, -0.25) is 0 Å². The molecule has 0 fully saturated rings. The highest BCUT2D eigenvalue weighted by molar-refractivity contribution is 7.99. The minimum atomic E-state index is -3.11. The van der Waals surface area contributed by atoms with Crippen LogP contribution in [0, 0.1) is 12.7 Å². The first kappa shape index (κ1) is 13.6. The zero-order valence-corrected chi connectivity index (χ0v) is 10.5. The van der Waals surface area contributed by atoms with E-state index >= 15 is 0 Å². The fourth-order valence-corrected chi connectivity index (χ4v) is 2.11. The van der Waals surface area contributed by atoms with E-state index < -0.39 is 18.2 Å². The van der Waals surface area contributed by atoms with Gasteiger partial charge in [0.2, 0.25) is 0 Å². The Hall–Kier alpha value is -1.83. The normalized spacial score (nSPS) is 11.0. The molecule has 0 saturated heterocycles. The Labute approximate surface area is 110 Å². The number of halogens is 3. The van der Waals surface area contributed by atoms with Gasteiger partial charge in [-0.15, -0.1) is 0 Å². The number of alkyl halides is 2. The minimum Gasteiger partial charge on any atom is -0.439 e. The van der Waals surface area contributed by atoms with E-state index in [1.165, 1.54) is 6.26 Å². The van der Waals surface area contributed by atoms with E-state index in [9.17, 15) is 13.2 Å². The number of aryl methyl sites for hydroxylation is 1. The predicted molar refractivity (Wildman–Crippen MR) is 62.8 cm³/mol. The molecule has 1 heterocycles. The van der Waals surface area contributed by atoms with E-state index in [4.69, 9.17) is 10.2 Å². The van der Waals surface area contributed by atoms with Gasteiger partial charge in [0.15, 0.2) is 11.6 Å². The summed E-state index contributed by atoms with van der Waals surface area (Å²) in [6.07, 6.45) is 1.43. The first-order valence-corrected chi connectivity index (χ1v) is 5.91. The summed E-state index contributed by atoms with van der Waals surface area (Å²) in [6.45, 7) is -1.38. The molecule has 0 amide bonds. The number of nitrogens with zero attached hydrogens (tertiary/aromatic N) is 1. The van der Waals surface area contributed by atoms with E-state index in [1.54, 1.807) is 6.92 Å². The van der Waals surface area contributed by atoms with Crippen LogP contribution < -0.4 is 10.5 Å². The van der Waals surface area contributed by atoms with E-state index in [0.717, 1.165) is 23.9 Å². The van der Waals surface area contributed by atoms with E-state index in [-0.39, 0.29) is 10.9 Å². The summed E-state index contributed by atoms with van der Waals surface area (Å²) in [5.41, 5.74) is 6.35. The molecule has 1 aromatic carbocycles. The van der Waals surface area contributed by atoms with Crippen LogP contribution in [0.2, 0.25) is 0 Å². The second-order valence-corrected chi connectivity index (χ2v) is 4.55. The molecule has 2 rings (SSSR count). The average molecular weight is 290 g/mol. The molecule has 0 saturated carbocycles. The quantitative estimate of drug-likeness (QED) is 0.874. The van der Waals surface area contributed by atoms with Crippen molar-refractivity contribution in [3.8, 4) is 5.75 Å². The number of oxazole rings is 1. The molecule has 0 aliphatic heterocycles. The second kappa shape index (κ2) is 5.43. The van der Waals surface area contributed by atoms with Crippen LogP contribution in [0.25, 0.3) is 0 Å². The number of hydrogen-bond acceptors (Lipinski definition) is 5. The lowest BCUT2D eigenvalue weighted by Gasteiger charge is -2.09. The molecule has 0 unspecified atom stereocenters. The molecule has 0 radical (unpaired) electrons. The van der Waals surface area contributed by atoms with Crippen molar-refractivity contribution in [2.45, 2.75) is 23.7 Å². The van der Waals surface area contributed by atoms with Gasteiger partial charge in [0.25, 0.3) is 5.22 Å². The van der Waals surface area contributed by atoms with Crippen LogP contribution in [0.5, 0.6) is 5.75 Å². The third-order valence-corrected chi connectivity index (χ3v) is 3.01. The van der Waals surface area contributed by atoms with Crippen molar-refractivity contribution in [3.63, 3.8) is 0 Å². The molecular weight excluding hydrogens is 281 g/mol. The highest BCUT2D eigenvalue weighted by Crippen LogP contribution is 2.36. The molecule has 0 atom stereocenters. The zero-order valence-electron chi connectivity index (χ0n) is 9.69. The zero-order chi connectivity index (χ0) is 14.0. The molecule has 0 spiro atoms. The highest BCUT2D eigenvalue weighted by Gasteiger charge is 2.15. The summed E-state index contributed by atoms with van der Waals surface area (Å²) in [7, 11) is 0. The van der Waals surface area contributed by atoms with Gasteiger partial charge in [-0.1, -0.05) is 0 Å². The fourth-order valence-electron chi connectivity index (χ4n) is 1.30. The molecule has 0 aliphatic rings. The lowest BCUT2D eigenvalue weighted by atomic mass is 10.3. The number of rotatable bonds is 4. The summed E-state index contributed by atoms with van der Waals surface area (Å²) < 4.78 is 46.7. The number of anilines is 1. The molecule has 2 aromatic rings. The SMILES string of the molecule is Cc1coc(Sc2cc(OC(F)F)c(F)cc2N)n1. The van der Waals surface area contributed by atoms with Crippen LogP contribution in [-0.4, -0.2) is 11.6 Å². The van der Waals surface area contributed by atoms with Gasteiger partial charge >= 0.3 is 6.61 Å². The summed E-state index contributed by atoms with van der Waals surface area (Å²) in [4.78, 5) is 4.34. The maximum atomic E-state index is 13.3. The average Bonchev–Trinajstić information content (AvgIpc) is 2.70. The van der Waals surface area contributed by atoms with Crippen molar-refractivity contribution in [3.05, 3.63) is 29.9 Å². The third-order valence-electron chi connectivity index (χ3n) is 2.08. The van der Waals surface area contributed by atoms with Gasteiger partial charge in [-0.25, -0.2) is 9.37 Å². The molecular formula is C11H9F3N2O2S. The number of benzene rings is 1. The fraction of sp³-hybridized carbons (Fsp3) is 0.182. The Bertz CT molecular complexity index is 589. The van der Waals surface area contributed by atoms with Gasteiger partial charge < -0.3 is 14.9 Å². The molecule has 4 nitrogen and oxygen atoms in total. The van der Waals surface area contributed by atoms with Crippen molar-refractivity contribution in [1.82, 2.24) is 4.98 Å². The monoisotopic (exact) mass is 290 g/mol. The third kappa shape index (κ3) is 3.34. The summed E-state index contributed by atoms with van der Waals surface area (Å²) in [6, 6.07) is 2.00. The Morgan fingerprint density at radius 3 is 2.74 bits per heavy atom. The maximum Gasteiger partial charge on any atom is 0.387 e. The highest BCUT2D eigenvalue weighted by atomic mass is 32.2. The largest absolute Gasteiger partial charge is 0.439 e. The predicted octanol–water partition coefficient (Wildman–Crippen LogP) is 3.46. The Morgan fingerprint density at radius 2 is 2.16 bits per heavy atom. The molecule has 8 heteroatoms. The number of hydrogen-bond donors (Lipinski definition) is 1. The summed E-state index contributed by atoms with van der Waals surface area (Å²) in [5.74, 6) is -1.53. The molecule has 102 valence electrons. The molecule has 19 heavy (non-hydrogen) atoms. The standard InChI is InChI=1S/C11H9F3N2O2S/c1-5-4-17-11(16-5)19-9-3-8(18-10(13)14)6(12)2-7(9)15/h2-4,10H,15H2,1H3.